The molecule has 0 aliphatic carbocycles. The quantitative estimate of drug-likeness (QED) is 0.118. The Balaban J connectivity index is 3.47. The van der Waals surface area contributed by atoms with Gasteiger partial charge >= 0.3 is 0 Å². The fourth-order valence-corrected chi connectivity index (χ4v) is 4.20. The Labute approximate surface area is 191 Å². The number of hydrogen-bond donors (Lipinski definition) is 0. The summed E-state index contributed by atoms with van der Waals surface area (Å²) in [6, 6.07) is 0.809. The van der Waals surface area contributed by atoms with E-state index in [2.05, 4.69) is 57.1 Å². The Bertz CT molecular complexity index is 369. The summed E-state index contributed by atoms with van der Waals surface area (Å²) >= 11 is 0. The standard InChI is InChI=1S/C29H57N/c1-5-7-9-11-13-14-15-16-17-18-19-20-22-24-26-28-29(30(3)4)27-25-23-21-12-10-8-6-2/h9,11,14-15,29H,5-8,10,12-13,16-28H2,1-4H3/b11-9?,15-14-. The van der Waals surface area contributed by atoms with E-state index < -0.39 is 0 Å². The highest BCUT2D eigenvalue weighted by molar-refractivity contribution is 4.92. The predicted molar refractivity (Wildman–Crippen MR) is 139 cm³/mol. The average Bonchev–Trinajstić information content (AvgIpc) is 2.74. The van der Waals surface area contributed by atoms with Crippen LogP contribution in [-0.2, 0) is 0 Å². The monoisotopic (exact) mass is 419 g/mol. The lowest BCUT2D eigenvalue weighted by Crippen LogP contribution is -2.27. The molecule has 30 heavy (non-hydrogen) atoms. The number of nitrogens with zero attached hydrogens (tertiary/aromatic N) is 1. The summed E-state index contributed by atoms with van der Waals surface area (Å²) in [4.78, 5) is 2.48. The summed E-state index contributed by atoms with van der Waals surface area (Å²) in [5.74, 6) is 0. The lowest BCUT2D eigenvalue weighted by atomic mass is 9.99. The molecule has 0 saturated carbocycles. The van der Waals surface area contributed by atoms with Gasteiger partial charge in [0.1, 0.15) is 0 Å². The van der Waals surface area contributed by atoms with Crippen LogP contribution in [0.4, 0.5) is 0 Å². The van der Waals surface area contributed by atoms with Crippen molar-refractivity contribution in [2.75, 3.05) is 14.1 Å². The molecule has 0 heterocycles. The summed E-state index contributed by atoms with van der Waals surface area (Å²) in [6.45, 7) is 4.54. The number of allylic oxidation sites excluding steroid dienone is 4. The summed E-state index contributed by atoms with van der Waals surface area (Å²) in [5.41, 5.74) is 0. The molecule has 0 aromatic heterocycles. The minimum absolute atomic E-state index is 0.809. The molecule has 0 radical (unpaired) electrons. The maximum atomic E-state index is 2.48. The molecule has 0 aromatic rings. The van der Waals surface area contributed by atoms with Crippen molar-refractivity contribution in [3.05, 3.63) is 24.3 Å². The Kier molecular flexibility index (Phi) is 24.2. The van der Waals surface area contributed by atoms with Crippen molar-refractivity contribution < 1.29 is 0 Å². The van der Waals surface area contributed by atoms with Crippen LogP contribution in [0.1, 0.15) is 142 Å². The highest BCUT2D eigenvalue weighted by Gasteiger charge is 2.10. The molecule has 0 aromatic carbocycles. The molecule has 0 N–H and O–H groups in total. The molecule has 1 atom stereocenters. The van der Waals surface area contributed by atoms with Crippen LogP contribution in [0.3, 0.4) is 0 Å². The molecule has 0 bridgehead atoms. The van der Waals surface area contributed by atoms with Crippen LogP contribution >= 0.6 is 0 Å². The number of rotatable bonds is 23. The normalized spacial score (nSPS) is 13.2. The summed E-state index contributed by atoms with van der Waals surface area (Å²) in [5, 5.41) is 0. The zero-order valence-electron chi connectivity index (χ0n) is 21.5. The molecule has 0 aliphatic heterocycles. The Morgan fingerprint density at radius 1 is 0.500 bits per heavy atom. The molecule has 178 valence electrons. The van der Waals surface area contributed by atoms with Crippen LogP contribution in [0, 0.1) is 0 Å². The summed E-state index contributed by atoms with van der Waals surface area (Å²) < 4.78 is 0. The maximum absolute atomic E-state index is 2.48. The molecule has 0 aliphatic rings. The molecule has 0 saturated heterocycles. The van der Waals surface area contributed by atoms with Crippen LogP contribution in [-0.4, -0.2) is 25.0 Å². The van der Waals surface area contributed by atoms with Crippen molar-refractivity contribution in [2.45, 2.75) is 148 Å². The fraction of sp³-hybridized carbons (Fsp3) is 0.862. The van der Waals surface area contributed by atoms with Crippen molar-refractivity contribution in [3.63, 3.8) is 0 Å². The Morgan fingerprint density at radius 3 is 1.47 bits per heavy atom. The van der Waals surface area contributed by atoms with Crippen LogP contribution in [0.2, 0.25) is 0 Å². The predicted octanol–water partition coefficient (Wildman–Crippen LogP) is 9.87. The van der Waals surface area contributed by atoms with Gasteiger partial charge in [-0.2, -0.15) is 0 Å². The van der Waals surface area contributed by atoms with Gasteiger partial charge in [0.05, 0.1) is 0 Å². The van der Waals surface area contributed by atoms with Gasteiger partial charge < -0.3 is 4.90 Å². The van der Waals surface area contributed by atoms with Gasteiger partial charge in [0.2, 0.25) is 0 Å². The molecule has 0 amide bonds. The van der Waals surface area contributed by atoms with Gasteiger partial charge in [0, 0.05) is 6.04 Å². The smallest absolute Gasteiger partial charge is 0.00891 e. The zero-order valence-corrected chi connectivity index (χ0v) is 21.5. The second kappa shape index (κ2) is 24.7. The van der Waals surface area contributed by atoms with Gasteiger partial charge in [-0.1, -0.05) is 128 Å². The molecule has 0 fully saturated rings. The van der Waals surface area contributed by atoms with Crippen LogP contribution in [0.5, 0.6) is 0 Å². The largest absolute Gasteiger partial charge is 0.306 e. The van der Waals surface area contributed by atoms with E-state index >= 15 is 0 Å². The first-order valence-electron chi connectivity index (χ1n) is 13.7. The van der Waals surface area contributed by atoms with Gasteiger partial charge in [0.15, 0.2) is 0 Å². The summed E-state index contributed by atoms with van der Waals surface area (Å²) in [7, 11) is 4.56. The van der Waals surface area contributed by atoms with Crippen LogP contribution in [0.25, 0.3) is 0 Å². The molecule has 1 unspecified atom stereocenters. The second-order valence-electron chi connectivity index (χ2n) is 9.55. The van der Waals surface area contributed by atoms with Gasteiger partial charge in [-0.05, 0) is 52.6 Å². The first kappa shape index (κ1) is 29.4. The third kappa shape index (κ3) is 22.1. The maximum Gasteiger partial charge on any atom is 0.00891 e. The molecule has 0 spiro atoms. The van der Waals surface area contributed by atoms with E-state index in [1.54, 1.807) is 0 Å². The third-order valence-electron chi connectivity index (χ3n) is 6.34. The lowest BCUT2D eigenvalue weighted by molar-refractivity contribution is 0.251. The Morgan fingerprint density at radius 2 is 0.967 bits per heavy atom. The van der Waals surface area contributed by atoms with E-state index in [1.165, 1.54) is 122 Å². The molecular weight excluding hydrogens is 362 g/mol. The first-order chi connectivity index (χ1) is 14.7. The molecule has 1 nitrogen and oxygen atoms in total. The van der Waals surface area contributed by atoms with Crippen LogP contribution < -0.4 is 0 Å². The van der Waals surface area contributed by atoms with Gasteiger partial charge in [-0.15, -0.1) is 0 Å². The first-order valence-corrected chi connectivity index (χ1v) is 13.7. The van der Waals surface area contributed by atoms with Crippen molar-refractivity contribution in [1.29, 1.82) is 0 Å². The topological polar surface area (TPSA) is 3.24 Å². The van der Waals surface area contributed by atoms with Crippen molar-refractivity contribution in [2.24, 2.45) is 0 Å². The number of unbranched alkanes of at least 4 members (excludes halogenated alkanes) is 14. The zero-order chi connectivity index (χ0) is 22.1. The molecular formula is C29H57N. The molecule has 0 rings (SSSR count). The lowest BCUT2D eigenvalue weighted by Gasteiger charge is -2.24. The highest BCUT2D eigenvalue weighted by Crippen LogP contribution is 2.17. The van der Waals surface area contributed by atoms with Crippen LogP contribution in [0.15, 0.2) is 24.3 Å². The van der Waals surface area contributed by atoms with Gasteiger partial charge in [0.25, 0.3) is 0 Å². The second-order valence-corrected chi connectivity index (χ2v) is 9.55. The SMILES string of the molecule is CCCC=CC/C=C\CCCCCCCCCC(CCCCCCCCC)N(C)C. The highest BCUT2D eigenvalue weighted by atomic mass is 15.1. The minimum atomic E-state index is 0.809. The van der Waals surface area contributed by atoms with Gasteiger partial charge in [-0.25, -0.2) is 0 Å². The van der Waals surface area contributed by atoms with E-state index in [9.17, 15) is 0 Å². The van der Waals surface area contributed by atoms with E-state index in [1.807, 2.05) is 0 Å². The third-order valence-corrected chi connectivity index (χ3v) is 6.34. The van der Waals surface area contributed by atoms with E-state index in [4.69, 9.17) is 0 Å². The van der Waals surface area contributed by atoms with E-state index in [0.29, 0.717) is 0 Å². The number of hydrogen-bond acceptors (Lipinski definition) is 1. The van der Waals surface area contributed by atoms with E-state index in [-0.39, 0.29) is 0 Å². The van der Waals surface area contributed by atoms with E-state index in [0.717, 1.165) is 12.5 Å². The Hall–Kier alpha value is -0.560. The average molecular weight is 420 g/mol. The van der Waals surface area contributed by atoms with Crippen molar-refractivity contribution >= 4 is 0 Å². The van der Waals surface area contributed by atoms with Crippen molar-refractivity contribution in [1.82, 2.24) is 4.90 Å². The fourth-order valence-electron chi connectivity index (χ4n) is 4.20. The molecule has 1 heteroatoms. The minimum Gasteiger partial charge on any atom is -0.306 e. The van der Waals surface area contributed by atoms with Crippen molar-refractivity contribution in [3.8, 4) is 0 Å². The van der Waals surface area contributed by atoms with Gasteiger partial charge in [-0.3, -0.25) is 0 Å². The summed E-state index contributed by atoms with van der Waals surface area (Å²) in [6.07, 6.45) is 37.0.